The molecule has 4 nitrogen and oxygen atoms in total. The van der Waals surface area contributed by atoms with Gasteiger partial charge in [0.2, 0.25) is 0 Å². The minimum atomic E-state index is 0.160. The van der Waals surface area contributed by atoms with Crippen molar-refractivity contribution in [3.63, 3.8) is 0 Å². The molecule has 0 amide bonds. The average molecular weight is 292 g/mol. The van der Waals surface area contributed by atoms with Crippen LogP contribution in [0.15, 0.2) is 6.20 Å². The molecule has 2 heterocycles. The van der Waals surface area contributed by atoms with E-state index in [1.54, 1.807) is 11.3 Å². The minimum absolute atomic E-state index is 0.160. The Kier molecular flexibility index (Phi) is 4.94. The van der Waals surface area contributed by atoms with Gasteiger partial charge in [0.25, 0.3) is 0 Å². The van der Waals surface area contributed by atoms with Crippen molar-refractivity contribution in [1.82, 2.24) is 20.1 Å². The van der Waals surface area contributed by atoms with Gasteiger partial charge in [-0.25, -0.2) is 4.98 Å². The lowest BCUT2D eigenvalue weighted by Gasteiger charge is -2.16. The lowest BCUT2D eigenvalue weighted by atomic mass is 10.1. The van der Waals surface area contributed by atoms with Crippen molar-refractivity contribution in [2.45, 2.75) is 46.6 Å². The zero-order valence-corrected chi connectivity index (χ0v) is 13.8. The molecule has 2 rings (SSSR count). The van der Waals surface area contributed by atoms with Gasteiger partial charge in [-0.15, -0.1) is 11.3 Å². The third-order valence-electron chi connectivity index (χ3n) is 3.67. The first kappa shape index (κ1) is 15.2. The molecule has 0 radical (unpaired) electrons. The molecule has 20 heavy (non-hydrogen) atoms. The van der Waals surface area contributed by atoms with Crippen LogP contribution < -0.4 is 5.32 Å². The van der Waals surface area contributed by atoms with Crippen molar-refractivity contribution in [3.8, 4) is 0 Å². The highest BCUT2D eigenvalue weighted by Gasteiger charge is 2.22. The molecular formula is C15H24N4S. The van der Waals surface area contributed by atoms with Crippen LogP contribution in [0.5, 0.6) is 0 Å². The van der Waals surface area contributed by atoms with Gasteiger partial charge in [0.1, 0.15) is 5.01 Å². The highest BCUT2D eigenvalue weighted by molar-refractivity contribution is 7.11. The summed E-state index contributed by atoms with van der Waals surface area (Å²) in [4.78, 5) is 6.15. The summed E-state index contributed by atoms with van der Waals surface area (Å²) < 4.78 is 1.93. The third kappa shape index (κ3) is 2.94. The van der Waals surface area contributed by atoms with Crippen molar-refractivity contribution >= 4 is 11.3 Å². The van der Waals surface area contributed by atoms with Crippen LogP contribution >= 0.6 is 11.3 Å². The Hall–Kier alpha value is -1.20. The topological polar surface area (TPSA) is 42.7 Å². The zero-order chi connectivity index (χ0) is 14.7. The first-order chi connectivity index (χ1) is 9.58. The van der Waals surface area contributed by atoms with E-state index < -0.39 is 0 Å². The normalized spacial score (nSPS) is 12.8. The van der Waals surface area contributed by atoms with Gasteiger partial charge in [-0.2, -0.15) is 5.10 Å². The van der Waals surface area contributed by atoms with Crippen molar-refractivity contribution in [3.05, 3.63) is 33.0 Å². The Morgan fingerprint density at radius 3 is 2.60 bits per heavy atom. The third-order valence-corrected chi connectivity index (χ3v) is 4.75. The maximum absolute atomic E-state index is 4.83. The summed E-state index contributed by atoms with van der Waals surface area (Å²) in [5, 5.41) is 9.15. The predicted octanol–water partition coefficient (Wildman–Crippen LogP) is 3.14. The van der Waals surface area contributed by atoms with Gasteiger partial charge in [0.05, 0.1) is 17.9 Å². The fourth-order valence-electron chi connectivity index (χ4n) is 2.32. The number of nitrogens with one attached hydrogen (secondary N) is 1. The Balaban J connectivity index is 2.38. The van der Waals surface area contributed by atoms with Crippen LogP contribution in [0.25, 0.3) is 0 Å². The summed E-state index contributed by atoms with van der Waals surface area (Å²) in [7, 11) is 1.99. The molecule has 0 aliphatic rings. The van der Waals surface area contributed by atoms with E-state index in [1.165, 1.54) is 21.8 Å². The smallest absolute Gasteiger partial charge is 0.115 e. The molecule has 0 saturated carbocycles. The van der Waals surface area contributed by atoms with Gasteiger partial charge in [-0.3, -0.25) is 4.68 Å². The van der Waals surface area contributed by atoms with E-state index in [0.717, 1.165) is 24.4 Å². The number of aryl methyl sites for hydroxylation is 3. The number of hydrogen-bond acceptors (Lipinski definition) is 4. The summed E-state index contributed by atoms with van der Waals surface area (Å²) >= 11 is 1.80. The number of aromatic nitrogens is 3. The van der Waals surface area contributed by atoms with Gasteiger partial charge in [0, 0.05) is 23.2 Å². The van der Waals surface area contributed by atoms with E-state index in [4.69, 9.17) is 4.98 Å². The van der Waals surface area contributed by atoms with Gasteiger partial charge in [0.15, 0.2) is 0 Å². The molecule has 0 saturated heterocycles. The summed E-state index contributed by atoms with van der Waals surface area (Å²) in [6, 6.07) is 0.160. The predicted molar refractivity (Wildman–Crippen MR) is 84.3 cm³/mol. The van der Waals surface area contributed by atoms with Crippen LogP contribution in [0.1, 0.15) is 53.1 Å². The summed E-state index contributed by atoms with van der Waals surface area (Å²) in [6.07, 6.45) is 4.07. The number of hydrogen-bond donors (Lipinski definition) is 1. The second kappa shape index (κ2) is 6.50. The van der Waals surface area contributed by atoms with Crippen LogP contribution in [0.3, 0.4) is 0 Å². The molecule has 1 unspecified atom stereocenters. The van der Waals surface area contributed by atoms with Crippen LogP contribution in [0.4, 0.5) is 0 Å². The average Bonchev–Trinajstić information content (AvgIpc) is 2.96. The molecule has 0 aromatic carbocycles. The molecule has 5 heteroatoms. The van der Waals surface area contributed by atoms with Crippen LogP contribution in [0.2, 0.25) is 0 Å². The van der Waals surface area contributed by atoms with Crippen LogP contribution in [-0.4, -0.2) is 21.3 Å². The highest BCUT2D eigenvalue weighted by Crippen LogP contribution is 2.29. The lowest BCUT2D eigenvalue weighted by molar-refractivity contribution is 0.590. The fraction of sp³-hybridized carbons (Fsp3) is 0.600. The van der Waals surface area contributed by atoms with Crippen molar-refractivity contribution < 1.29 is 0 Å². The monoisotopic (exact) mass is 292 g/mol. The Morgan fingerprint density at radius 2 is 2.10 bits per heavy atom. The van der Waals surface area contributed by atoms with Gasteiger partial charge in [-0.05, 0) is 33.2 Å². The van der Waals surface area contributed by atoms with E-state index in [-0.39, 0.29) is 6.04 Å². The summed E-state index contributed by atoms with van der Waals surface area (Å²) in [5.41, 5.74) is 3.65. The highest BCUT2D eigenvalue weighted by atomic mass is 32.1. The quantitative estimate of drug-likeness (QED) is 0.889. The maximum atomic E-state index is 4.83. The lowest BCUT2D eigenvalue weighted by Crippen LogP contribution is -2.23. The first-order valence-electron chi connectivity index (χ1n) is 7.26. The molecule has 0 aliphatic heterocycles. The maximum Gasteiger partial charge on any atom is 0.115 e. The van der Waals surface area contributed by atoms with Gasteiger partial charge in [-0.1, -0.05) is 13.8 Å². The minimum Gasteiger partial charge on any atom is -0.304 e. The zero-order valence-electron chi connectivity index (χ0n) is 13.0. The number of thiazole rings is 1. The van der Waals surface area contributed by atoms with Crippen molar-refractivity contribution in [1.29, 1.82) is 0 Å². The molecule has 2 aromatic heterocycles. The first-order valence-corrected chi connectivity index (χ1v) is 8.08. The van der Waals surface area contributed by atoms with E-state index in [0.29, 0.717) is 0 Å². The van der Waals surface area contributed by atoms with Gasteiger partial charge >= 0.3 is 0 Å². The van der Waals surface area contributed by atoms with Crippen molar-refractivity contribution in [2.75, 3.05) is 6.54 Å². The fourth-order valence-corrected chi connectivity index (χ4v) is 3.43. The Labute approximate surface area is 125 Å². The van der Waals surface area contributed by atoms with Crippen LogP contribution in [0, 0.1) is 13.8 Å². The molecule has 0 spiro atoms. The van der Waals surface area contributed by atoms with E-state index >= 15 is 0 Å². The molecule has 0 aliphatic carbocycles. The van der Waals surface area contributed by atoms with Gasteiger partial charge < -0.3 is 5.32 Å². The Bertz CT molecular complexity index is 570. The second-order valence-electron chi connectivity index (χ2n) is 5.10. The molecule has 110 valence electrons. The molecule has 0 bridgehead atoms. The van der Waals surface area contributed by atoms with E-state index in [9.17, 15) is 0 Å². The Morgan fingerprint density at radius 1 is 1.35 bits per heavy atom. The van der Waals surface area contributed by atoms with Crippen LogP contribution in [-0.2, 0) is 13.5 Å². The summed E-state index contributed by atoms with van der Waals surface area (Å²) in [5.74, 6) is 0. The number of rotatable bonds is 6. The SMILES string of the molecule is CCCNC(c1nc(CC)c(C)s1)c1cnn(C)c1C. The molecular weight excluding hydrogens is 268 g/mol. The molecule has 1 atom stereocenters. The standard InChI is InChI=1S/C15H24N4S/c1-6-8-16-14(12-9-17-19(5)10(12)3)15-18-13(7-2)11(4)20-15/h9,14,16H,6-8H2,1-5H3. The molecule has 2 aromatic rings. The van der Waals surface area contributed by atoms with E-state index in [1.807, 2.05) is 17.9 Å². The largest absolute Gasteiger partial charge is 0.304 e. The molecule has 1 N–H and O–H groups in total. The second-order valence-corrected chi connectivity index (χ2v) is 6.34. The molecule has 0 fully saturated rings. The van der Waals surface area contributed by atoms with E-state index in [2.05, 4.69) is 38.1 Å². The van der Waals surface area contributed by atoms with Crippen molar-refractivity contribution in [2.24, 2.45) is 7.05 Å². The summed E-state index contributed by atoms with van der Waals surface area (Å²) in [6.45, 7) is 9.61. The number of nitrogens with zero attached hydrogens (tertiary/aromatic N) is 3.